The van der Waals surface area contributed by atoms with Crippen LogP contribution in [0.4, 0.5) is 5.69 Å². The Morgan fingerprint density at radius 3 is 2.58 bits per heavy atom. The third kappa shape index (κ3) is 3.11. The normalized spacial score (nSPS) is 19.1. The van der Waals surface area contributed by atoms with Gasteiger partial charge in [0.1, 0.15) is 5.76 Å². The summed E-state index contributed by atoms with van der Waals surface area (Å²) in [5.41, 5.74) is 2.60. The van der Waals surface area contributed by atoms with E-state index in [1.54, 1.807) is 30.3 Å². The number of ether oxygens (including phenoxy) is 2. The third-order valence-corrected chi connectivity index (χ3v) is 5.39. The minimum atomic E-state index is -0.798. The molecule has 0 bridgehead atoms. The Labute approximate surface area is 178 Å². The number of aliphatic hydroxyl groups excluding tert-OH is 1. The summed E-state index contributed by atoms with van der Waals surface area (Å²) in [4.78, 5) is 31.6. The second-order valence-corrected chi connectivity index (χ2v) is 7.36. The first-order valence-electron chi connectivity index (χ1n) is 9.72. The number of rotatable bonds is 3. The molecule has 2 aliphatic rings. The van der Waals surface area contributed by atoms with Crippen LogP contribution in [0.5, 0.6) is 11.5 Å². The summed E-state index contributed by atoms with van der Waals surface area (Å²) in [5, 5.41) is 11.0. The number of amides is 1. The topological polar surface area (TPSA) is 89.0 Å². The second kappa shape index (κ2) is 7.28. The van der Waals surface area contributed by atoms with Crippen LogP contribution < -0.4 is 14.4 Å². The van der Waals surface area contributed by atoms with Crippen molar-refractivity contribution in [3.8, 4) is 11.5 Å². The minimum absolute atomic E-state index is 0.0273. The Morgan fingerprint density at radius 1 is 1.03 bits per heavy atom. The van der Waals surface area contributed by atoms with E-state index in [1.165, 1.54) is 17.3 Å². The lowest BCUT2D eigenvalue weighted by Crippen LogP contribution is -2.29. The van der Waals surface area contributed by atoms with Crippen LogP contribution in [0.3, 0.4) is 0 Å². The van der Waals surface area contributed by atoms with E-state index in [-0.39, 0.29) is 18.1 Å². The molecular weight excluding hydrogens is 396 g/mol. The third-order valence-electron chi connectivity index (χ3n) is 5.39. The molecule has 1 amide bonds. The summed E-state index contributed by atoms with van der Waals surface area (Å²) in [6.07, 6.45) is 3.04. The van der Waals surface area contributed by atoms with Gasteiger partial charge in [-0.25, -0.2) is 0 Å². The number of anilines is 1. The van der Waals surface area contributed by atoms with Crippen molar-refractivity contribution in [1.29, 1.82) is 0 Å². The number of carbonyl (C=O) groups is 2. The van der Waals surface area contributed by atoms with E-state index in [0.717, 1.165) is 5.56 Å². The molecule has 3 heterocycles. The van der Waals surface area contributed by atoms with Crippen LogP contribution in [0.25, 0.3) is 5.76 Å². The molecule has 0 spiro atoms. The van der Waals surface area contributed by atoms with Gasteiger partial charge >= 0.3 is 0 Å². The molecule has 31 heavy (non-hydrogen) atoms. The number of aliphatic hydroxyl groups is 1. The molecule has 7 nitrogen and oxygen atoms in total. The first-order valence-corrected chi connectivity index (χ1v) is 9.72. The first-order chi connectivity index (χ1) is 15.0. The molecule has 1 unspecified atom stereocenters. The Balaban J connectivity index is 1.72. The molecule has 2 aliphatic heterocycles. The molecule has 1 saturated heterocycles. The average Bonchev–Trinajstić information content (AvgIpc) is 3.36. The molecule has 2 aromatic carbocycles. The second-order valence-electron chi connectivity index (χ2n) is 7.36. The first kappa shape index (κ1) is 18.9. The summed E-state index contributed by atoms with van der Waals surface area (Å²) < 4.78 is 10.8. The lowest BCUT2D eigenvalue weighted by Gasteiger charge is -2.26. The van der Waals surface area contributed by atoms with Gasteiger partial charge < -0.3 is 14.6 Å². The summed E-state index contributed by atoms with van der Waals surface area (Å²) >= 11 is 0. The molecule has 5 rings (SSSR count). The van der Waals surface area contributed by atoms with Gasteiger partial charge in [-0.15, -0.1) is 0 Å². The van der Waals surface area contributed by atoms with Gasteiger partial charge in [0, 0.05) is 29.7 Å². The van der Waals surface area contributed by atoms with E-state index in [4.69, 9.17) is 9.47 Å². The summed E-state index contributed by atoms with van der Waals surface area (Å²) in [6.45, 7) is 2.03. The van der Waals surface area contributed by atoms with Gasteiger partial charge in [0.25, 0.3) is 11.7 Å². The van der Waals surface area contributed by atoms with Crippen molar-refractivity contribution in [2.45, 2.75) is 13.0 Å². The Kier molecular flexibility index (Phi) is 4.43. The van der Waals surface area contributed by atoms with Gasteiger partial charge in [-0.3, -0.25) is 19.5 Å². The van der Waals surface area contributed by atoms with E-state index in [0.29, 0.717) is 28.3 Å². The summed E-state index contributed by atoms with van der Waals surface area (Å²) in [7, 11) is 0. The SMILES string of the molecule is Cc1cccc(C2/C(=C(\O)c3ccncc3)C(=O)C(=O)N2c2ccc3c(c2)OCO3)c1. The van der Waals surface area contributed by atoms with Gasteiger partial charge in [0.2, 0.25) is 6.79 Å². The van der Waals surface area contributed by atoms with Gasteiger partial charge in [-0.2, -0.15) is 0 Å². The van der Waals surface area contributed by atoms with E-state index in [2.05, 4.69) is 4.98 Å². The molecule has 1 N–H and O–H groups in total. The highest BCUT2D eigenvalue weighted by Gasteiger charge is 2.47. The van der Waals surface area contributed by atoms with Crippen molar-refractivity contribution in [3.63, 3.8) is 0 Å². The van der Waals surface area contributed by atoms with Crippen LogP contribution in [0.1, 0.15) is 22.7 Å². The number of nitrogens with zero attached hydrogens (tertiary/aromatic N) is 2. The predicted molar refractivity (Wildman–Crippen MR) is 113 cm³/mol. The number of hydrogen-bond acceptors (Lipinski definition) is 6. The van der Waals surface area contributed by atoms with Crippen LogP contribution in [-0.2, 0) is 9.59 Å². The van der Waals surface area contributed by atoms with Crippen molar-refractivity contribution >= 4 is 23.1 Å². The number of ketones is 1. The molecule has 0 saturated carbocycles. The largest absolute Gasteiger partial charge is 0.507 e. The maximum atomic E-state index is 13.2. The van der Waals surface area contributed by atoms with E-state index in [9.17, 15) is 14.7 Å². The fourth-order valence-corrected chi connectivity index (χ4v) is 3.95. The standard InChI is InChI=1S/C24H18N2O5/c1-14-3-2-4-16(11-14)21-20(22(27)15-7-9-25-10-8-15)23(28)24(29)26(21)17-5-6-18-19(12-17)31-13-30-18/h2-12,21,27H,13H2,1H3/b22-20+. The zero-order chi connectivity index (χ0) is 21.5. The van der Waals surface area contributed by atoms with Crippen molar-refractivity contribution in [1.82, 2.24) is 4.98 Å². The predicted octanol–water partition coefficient (Wildman–Crippen LogP) is 3.75. The van der Waals surface area contributed by atoms with Crippen molar-refractivity contribution < 1.29 is 24.2 Å². The highest BCUT2D eigenvalue weighted by molar-refractivity contribution is 6.51. The van der Waals surface area contributed by atoms with Crippen LogP contribution in [0.2, 0.25) is 0 Å². The van der Waals surface area contributed by atoms with Gasteiger partial charge in [-0.1, -0.05) is 29.8 Å². The average molecular weight is 414 g/mol. The van der Waals surface area contributed by atoms with Gasteiger partial charge in [0.05, 0.1) is 11.6 Å². The molecule has 7 heteroatoms. The number of Topliss-reactive ketones (excluding diaryl/α,β-unsaturated/α-hetero) is 1. The molecule has 1 atom stereocenters. The van der Waals surface area contributed by atoms with E-state index < -0.39 is 17.7 Å². The molecule has 154 valence electrons. The van der Waals surface area contributed by atoms with Crippen LogP contribution in [0, 0.1) is 6.92 Å². The molecule has 1 aromatic heterocycles. The monoisotopic (exact) mass is 414 g/mol. The number of hydrogen-bond donors (Lipinski definition) is 1. The fourth-order valence-electron chi connectivity index (χ4n) is 3.95. The lowest BCUT2D eigenvalue weighted by molar-refractivity contribution is -0.132. The number of pyridine rings is 1. The van der Waals surface area contributed by atoms with Crippen LogP contribution >= 0.6 is 0 Å². The summed E-state index contributed by atoms with van der Waals surface area (Å²) in [6, 6.07) is 15.0. The van der Waals surface area contributed by atoms with Crippen molar-refractivity contribution in [2.75, 3.05) is 11.7 Å². The maximum absolute atomic E-state index is 13.2. The number of aryl methyl sites for hydroxylation is 1. The zero-order valence-corrected chi connectivity index (χ0v) is 16.6. The number of benzene rings is 2. The molecule has 0 radical (unpaired) electrons. The number of carbonyl (C=O) groups excluding carboxylic acids is 2. The summed E-state index contributed by atoms with van der Waals surface area (Å²) in [5.74, 6) is -0.643. The fraction of sp³-hybridized carbons (Fsp3) is 0.125. The Bertz CT molecular complexity index is 1240. The van der Waals surface area contributed by atoms with Crippen molar-refractivity contribution in [2.24, 2.45) is 0 Å². The molecule has 1 fully saturated rings. The quantitative estimate of drug-likeness (QED) is 0.399. The van der Waals surface area contributed by atoms with Gasteiger partial charge in [0.15, 0.2) is 11.5 Å². The van der Waals surface area contributed by atoms with Crippen LogP contribution in [0.15, 0.2) is 72.6 Å². The highest BCUT2D eigenvalue weighted by Crippen LogP contribution is 2.44. The maximum Gasteiger partial charge on any atom is 0.300 e. The number of fused-ring (bicyclic) bond motifs is 1. The molecular formula is C24H18N2O5. The van der Waals surface area contributed by atoms with Gasteiger partial charge in [-0.05, 0) is 36.8 Å². The van der Waals surface area contributed by atoms with Crippen molar-refractivity contribution in [3.05, 3.63) is 89.3 Å². The molecule has 0 aliphatic carbocycles. The minimum Gasteiger partial charge on any atom is -0.507 e. The van der Waals surface area contributed by atoms with Crippen LogP contribution in [-0.4, -0.2) is 28.6 Å². The van der Waals surface area contributed by atoms with E-state index in [1.807, 2.05) is 31.2 Å². The Hall–Kier alpha value is -4.13. The zero-order valence-electron chi connectivity index (χ0n) is 16.6. The molecule has 3 aromatic rings. The van der Waals surface area contributed by atoms with E-state index >= 15 is 0 Å². The number of aromatic nitrogens is 1. The Morgan fingerprint density at radius 2 is 1.81 bits per heavy atom. The smallest absolute Gasteiger partial charge is 0.300 e. The lowest BCUT2D eigenvalue weighted by atomic mass is 9.94. The highest BCUT2D eigenvalue weighted by atomic mass is 16.7.